The van der Waals surface area contributed by atoms with Crippen LogP contribution < -0.4 is 27.0 Å². The van der Waals surface area contributed by atoms with E-state index >= 15 is 0 Å². The molecule has 6 atom stereocenters. The van der Waals surface area contributed by atoms with Crippen LogP contribution in [0.4, 0.5) is 5.69 Å². The number of phenolic OH excluding ortho intramolecular Hbond substituents is 1. The lowest BCUT2D eigenvalue weighted by atomic mass is 9.54. The largest absolute Gasteiger partial charge is 0.508 e. The first-order valence-electron chi connectivity index (χ1n) is 19.7. The summed E-state index contributed by atoms with van der Waals surface area (Å²) in [6.45, 7) is 1.65. The van der Waals surface area contributed by atoms with Crippen LogP contribution in [0.1, 0.15) is 49.7 Å². The monoisotopic (exact) mass is 818 g/mol. The summed E-state index contributed by atoms with van der Waals surface area (Å²) in [5.74, 6) is -10.2. The van der Waals surface area contributed by atoms with Crippen LogP contribution in [-0.4, -0.2) is 91.8 Å². The molecule has 0 bridgehead atoms. The van der Waals surface area contributed by atoms with Crippen LogP contribution in [0.15, 0.2) is 120 Å². The van der Waals surface area contributed by atoms with E-state index in [9.17, 15) is 44.7 Å². The van der Waals surface area contributed by atoms with Crippen molar-refractivity contribution in [2.45, 2.75) is 56.3 Å². The van der Waals surface area contributed by atoms with Gasteiger partial charge in [-0.2, -0.15) is 0 Å². The zero-order valence-corrected chi connectivity index (χ0v) is 34.0. The molecule has 0 heterocycles. The molecule has 3 aliphatic carbocycles. The van der Waals surface area contributed by atoms with E-state index in [1.165, 1.54) is 41.0 Å². The number of Topliss-reactive ketones (excluding diaryl/α,β-unsaturated/α-hetero) is 2. The van der Waals surface area contributed by atoms with Gasteiger partial charge >= 0.3 is 0 Å². The van der Waals surface area contributed by atoms with Crippen LogP contribution in [0, 0.1) is 11.8 Å². The summed E-state index contributed by atoms with van der Waals surface area (Å²) in [4.78, 5) is 54.7. The zero-order chi connectivity index (χ0) is 42.4. The maximum atomic E-state index is 14.3. The first-order chi connectivity index (χ1) is 28.2. The summed E-state index contributed by atoms with van der Waals surface area (Å²) in [7, 11) is 0.878. The number of fused-ring (bicyclic) bond motifs is 3. The number of aliphatic hydroxyl groups excluding tert-OH is 3. The number of hydrogen-bond acceptors (Lipinski definition) is 10. The molecule has 1 saturated carbocycles. The van der Waals surface area contributed by atoms with E-state index in [1.54, 1.807) is 13.0 Å². The number of aliphatic hydroxyl groups is 4. The SMILES string of the molecule is C[C@H]1c2ccc(NC(=O)CCCCC[P+](c3ccccc3)(c3ccccc3)c3ccccc3)c(O)c2C(O)=C2C(=O)[C@]3(O)C(O)=C(C(N)=O)C(=O)[C@@H](N(C)C)C3[C@@H](O)C21. The van der Waals surface area contributed by atoms with Gasteiger partial charge < -0.3 is 36.6 Å². The van der Waals surface area contributed by atoms with Gasteiger partial charge in [-0.1, -0.05) is 67.6 Å². The van der Waals surface area contributed by atoms with E-state index in [-0.39, 0.29) is 23.6 Å². The summed E-state index contributed by atoms with van der Waals surface area (Å²) < 4.78 is 0. The van der Waals surface area contributed by atoms with Crippen molar-refractivity contribution >= 4 is 58.0 Å². The predicted octanol–water partition coefficient (Wildman–Crippen LogP) is 3.99. The highest BCUT2D eigenvalue weighted by Crippen LogP contribution is 2.58. The van der Waals surface area contributed by atoms with Crippen molar-refractivity contribution in [2.24, 2.45) is 17.6 Å². The van der Waals surface area contributed by atoms with Crippen molar-refractivity contribution in [3.8, 4) is 5.75 Å². The maximum absolute atomic E-state index is 14.3. The minimum atomic E-state index is -3.02. The van der Waals surface area contributed by atoms with E-state index in [2.05, 4.69) is 78.1 Å². The molecule has 4 aromatic carbocycles. The molecule has 0 saturated heterocycles. The Morgan fingerprint density at radius 2 is 1.36 bits per heavy atom. The molecule has 2 amide bonds. The number of nitrogens with two attached hydrogens (primary N) is 1. The highest BCUT2D eigenvalue weighted by molar-refractivity contribution is 7.95. The second-order valence-corrected chi connectivity index (χ2v) is 19.5. The Balaban J connectivity index is 1.11. The summed E-state index contributed by atoms with van der Waals surface area (Å²) in [5.41, 5.74) is 1.03. The number of likely N-dealkylation sites (N-methyl/N-ethyl adjacent to an activating group) is 1. The lowest BCUT2D eigenvalue weighted by Gasteiger charge is -2.53. The van der Waals surface area contributed by atoms with Gasteiger partial charge in [0.2, 0.25) is 11.7 Å². The van der Waals surface area contributed by atoms with Crippen LogP contribution in [0.3, 0.4) is 0 Å². The predicted molar refractivity (Wildman–Crippen MR) is 227 cm³/mol. The molecule has 8 N–H and O–H groups in total. The standard InChI is InChI=1S/C46H48N3O9P/c1-26-30-23-24-31(39(51)34(30)40(52)35-33(26)41(53)37-38(49(2)3)42(54)36(45(47)57)44(56)46(37,58)43(35)55)48-32(50)22-14-7-15-25-59(27-16-8-4-9-17-27,28-18-10-5-11-19-28)29-20-12-6-13-21-29/h4-6,8-13,16-21,23-24,26,33,37-38,41,53,58H,7,14-15,22,25H2,1-3H3,(H5-,47,48,50,51,52,54,55,56,57)/p+1/t26-,33?,37?,38-,41-,46-/m0/s1. The van der Waals surface area contributed by atoms with Crippen LogP contribution in [-0.2, 0) is 19.2 Å². The molecule has 0 aliphatic heterocycles. The summed E-state index contributed by atoms with van der Waals surface area (Å²) in [6.07, 6.45) is 1.53. The molecule has 1 fully saturated rings. The number of hydrogen-bond donors (Lipinski definition) is 7. The van der Waals surface area contributed by atoms with Crippen molar-refractivity contribution in [3.05, 3.63) is 131 Å². The molecule has 0 aromatic heterocycles. The fourth-order valence-electron chi connectivity index (χ4n) is 9.62. The summed E-state index contributed by atoms with van der Waals surface area (Å²) in [6, 6.07) is 33.3. The number of nitrogens with zero attached hydrogens (tertiary/aromatic N) is 1. The molecule has 12 nitrogen and oxygen atoms in total. The Labute approximate surface area is 343 Å². The number of nitrogens with one attached hydrogen (secondary N) is 1. The average molecular weight is 819 g/mol. The minimum absolute atomic E-state index is 0.0242. The number of carbonyl (C=O) groups excluding carboxylic acids is 4. The number of amides is 2. The van der Waals surface area contributed by atoms with Crippen molar-refractivity contribution in [2.75, 3.05) is 25.6 Å². The first kappa shape index (κ1) is 41.5. The Bertz CT molecular complexity index is 2270. The summed E-state index contributed by atoms with van der Waals surface area (Å²) in [5, 5.41) is 64.8. The Morgan fingerprint density at radius 3 is 1.86 bits per heavy atom. The van der Waals surface area contributed by atoms with Crippen molar-refractivity contribution < 1.29 is 44.7 Å². The number of unbranched alkanes of at least 4 members (excludes halogenated alkanes) is 2. The van der Waals surface area contributed by atoms with Gasteiger partial charge in [-0.05, 0) is 87.3 Å². The number of ketones is 2. The quantitative estimate of drug-likeness (QED) is 0.0473. The third kappa shape index (κ3) is 6.74. The topological polar surface area (TPSA) is 211 Å². The highest BCUT2D eigenvalue weighted by Gasteiger charge is 2.68. The van der Waals surface area contributed by atoms with Gasteiger partial charge in [-0.15, -0.1) is 0 Å². The normalized spacial score (nSPS) is 24.1. The molecule has 0 radical (unpaired) electrons. The second-order valence-electron chi connectivity index (χ2n) is 15.9. The number of benzene rings is 4. The van der Waals surface area contributed by atoms with E-state index in [4.69, 9.17) is 5.73 Å². The minimum Gasteiger partial charge on any atom is -0.508 e. The van der Waals surface area contributed by atoms with Crippen LogP contribution in [0.2, 0.25) is 0 Å². The average Bonchev–Trinajstić information content (AvgIpc) is 3.22. The third-order valence-corrected chi connectivity index (χ3v) is 16.9. The van der Waals surface area contributed by atoms with Gasteiger partial charge in [0.05, 0.1) is 35.5 Å². The molecule has 306 valence electrons. The second kappa shape index (κ2) is 16.2. The highest BCUT2D eigenvalue weighted by atomic mass is 31.2. The Morgan fingerprint density at radius 1 is 0.814 bits per heavy atom. The number of anilines is 1. The lowest BCUT2D eigenvalue weighted by Crippen LogP contribution is -2.70. The molecule has 13 heteroatoms. The third-order valence-electron chi connectivity index (χ3n) is 12.4. The number of aromatic hydroxyl groups is 1. The molecule has 0 spiro atoms. The molecule has 7 rings (SSSR count). The fraction of sp³-hybridized carbons (Fsp3) is 0.304. The number of carbonyl (C=O) groups is 4. The van der Waals surface area contributed by atoms with Crippen LogP contribution >= 0.6 is 7.26 Å². The Kier molecular flexibility index (Phi) is 11.4. The zero-order valence-electron chi connectivity index (χ0n) is 33.1. The first-order valence-corrected chi connectivity index (χ1v) is 21.7. The summed E-state index contributed by atoms with van der Waals surface area (Å²) >= 11 is 0. The molecular weight excluding hydrogens is 769 g/mol. The lowest BCUT2D eigenvalue weighted by molar-refractivity contribution is -0.169. The molecule has 4 aromatic rings. The van der Waals surface area contributed by atoms with Gasteiger partial charge in [-0.3, -0.25) is 24.1 Å². The van der Waals surface area contributed by atoms with Crippen molar-refractivity contribution in [1.82, 2.24) is 4.90 Å². The smallest absolute Gasteiger partial charge is 0.255 e. The van der Waals surface area contributed by atoms with Gasteiger partial charge in [-0.25, -0.2) is 0 Å². The van der Waals surface area contributed by atoms with Crippen LogP contribution in [0.25, 0.3) is 5.76 Å². The molecule has 59 heavy (non-hydrogen) atoms. The number of rotatable bonds is 12. The number of primary amides is 1. The van der Waals surface area contributed by atoms with Crippen molar-refractivity contribution in [1.29, 1.82) is 0 Å². The maximum Gasteiger partial charge on any atom is 0.255 e. The van der Waals surface area contributed by atoms with E-state index in [0.717, 1.165) is 19.0 Å². The van der Waals surface area contributed by atoms with Crippen LogP contribution in [0.5, 0.6) is 5.75 Å². The Hall–Kier alpha value is -5.65. The molecule has 2 unspecified atom stereocenters. The van der Waals surface area contributed by atoms with E-state index < -0.39 is 88.7 Å². The van der Waals surface area contributed by atoms with Crippen molar-refractivity contribution in [3.63, 3.8) is 0 Å². The molecule has 3 aliphatic rings. The van der Waals surface area contributed by atoms with E-state index in [0.29, 0.717) is 12.0 Å². The van der Waals surface area contributed by atoms with Gasteiger partial charge in [0.15, 0.2) is 11.4 Å². The van der Waals surface area contributed by atoms with Gasteiger partial charge in [0.25, 0.3) is 5.91 Å². The number of phenols is 1. The van der Waals surface area contributed by atoms with Gasteiger partial charge in [0, 0.05) is 17.9 Å². The fourth-order valence-corrected chi connectivity index (χ4v) is 14.0. The molecular formula is C46H49N3O9P+. The van der Waals surface area contributed by atoms with E-state index in [1.807, 2.05) is 18.2 Å². The van der Waals surface area contributed by atoms with Gasteiger partial charge in [0.1, 0.15) is 46.0 Å².